The highest BCUT2D eigenvalue weighted by molar-refractivity contribution is 9.10. The topological polar surface area (TPSA) is 62.7 Å². The maximum absolute atomic E-state index is 13.7. The second kappa shape index (κ2) is 11.3. The molecule has 1 saturated heterocycles. The highest BCUT2D eigenvalue weighted by atomic mass is 79.9. The first-order valence-electron chi connectivity index (χ1n) is 12.1. The number of amides is 2. The molecule has 0 radical (unpaired) electrons. The zero-order valence-electron chi connectivity index (χ0n) is 20.9. The molecule has 2 aromatic rings. The number of hydrogen-bond donors (Lipinski definition) is 0. The Balaban J connectivity index is 1.83. The van der Waals surface area contributed by atoms with Gasteiger partial charge in [-0.2, -0.15) is 0 Å². The number of carbonyl (C=O) groups is 2. The van der Waals surface area contributed by atoms with Crippen LogP contribution in [-0.2, 0) is 28.9 Å². The van der Waals surface area contributed by atoms with E-state index >= 15 is 0 Å². The summed E-state index contributed by atoms with van der Waals surface area (Å²) in [7, 11) is 0. The highest BCUT2D eigenvalue weighted by Crippen LogP contribution is 2.31. The molecule has 0 spiro atoms. The molecule has 1 aromatic carbocycles. The largest absolute Gasteiger partial charge is 0.444 e. The van der Waals surface area contributed by atoms with E-state index in [0.29, 0.717) is 19.6 Å². The molecule has 34 heavy (non-hydrogen) atoms. The van der Waals surface area contributed by atoms with E-state index in [1.807, 2.05) is 31.7 Å². The van der Waals surface area contributed by atoms with Crippen LogP contribution in [0.25, 0.3) is 0 Å². The summed E-state index contributed by atoms with van der Waals surface area (Å²) < 4.78 is 6.27. The van der Waals surface area contributed by atoms with Crippen molar-refractivity contribution in [2.45, 2.75) is 72.4 Å². The summed E-state index contributed by atoms with van der Waals surface area (Å²) in [4.78, 5) is 33.7. The molecule has 0 N–H and O–H groups in total. The van der Waals surface area contributed by atoms with Gasteiger partial charge in [-0.3, -0.25) is 9.78 Å². The van der Waals surface area contributed by atoms with E-state index in [0.717, 1.165) is 41.4 Å². The lowest BCUT2D eigenvalue weighted by atomic mass is 9.95. The second-order valence-electron chi connectivity index (χ2n) is 9.94. The summed E-state index contributed by atoms with van der Waals surface area (Å²) in [5.41, 5.74) is 3.95. The van der Waals surface area contributed by atoms with Gasteiger partial charge in [0.25, 0.3) is 0 Å². The normalized spacial score (nSPS) is 14.0. The van der Waals surface area contributed by atoms with Crippen LogP contribution in [0.5, 0.6) is 0 Å². The minimum atomic E-state index is -0.557. The van der Waals surface area contributed by atoms with Crippen molar-refractivity contribution >= 4 is 33.6 Å². The Hall–Kier alpha value is -2.41. The van der Waals surface area contributed by atoms with Crippen LogP contribution in [0.4, 0.5) is 10.5 Å². The molecule has 1 aromatic heterocycles. The van der Waals surface area contributed by atoms with Gasteiger partial charge in [-0.15, -0.1) is 0 Å². The number of aryl methyl sites for hydroxylation is 2. The van der Waals surface area contributed by atoms with E-state index in [4.69, 9.17) is 4.74 Å². The molecule has 0 saturated carbocycles. The number of anilines is 1. The number of nitrogens with zero attached hydrogens (tertiary/aromatic N) is 3. The van der Waals surface area contributed by atoms with Crippen molar-refractivity contribution in [3.8, 4) is 0 Å². The number of likely N-dealkylation sites (tertiary alicyclic amines) is 1. The molecular weight excluding hydrogens is 494 g/mol. The summed E-state index contributed by atoms with van der Waals surface area (Å²) in [5.74, 6) is -0.276. The zero-order valence-corrected chi connectivity index (χ0v) is 22.5. The molecule has 6 nitrogen and oxygen atoms in total. The fourth-order valence-electron chi connectivity index (χ4n) is 4.13. The average Bonchev–Trinajstić information content (AvgIpc) is 2.72. The lowest BCUT2D eigenvalue weighted by Gasteiger charge is -2.41. The van der Waals surface area contributed by atoms with Crippen molar-refractivity contribution in [1.29, 1.82) is 0 Å². The smallest absolute Gasteiger partial charge is 0.410 e. The molecule has 2 heterocycles. The standard InChI is InChI=1S/C27H36BrN3O3/c1-6-8-19-10-11-21(20(14-19)9-7-2)18-31(24-15-29-13-12-23(24)28)25(32)22-16-30(17-22)26(33)34-27(3,4)5/h10-15,22H,6-9,16-18H2,1-5H3. The number of aromatic nitrogens is 1. The monoisotopic (exact) mass is 529 g/mol. The first-order chi connectivity index (χ1) is 16.1. The summed E-state index contributed by atoms with van der Waals surface area (Å²) in [6, 6.07) is 8.47. The molecule has 0 unspecified atom stereocenters. The van der Waals surface area contributed by atoms with Gasteiger partial charge in [-0.1, -0.05) is 44.9 Å². The minimum Gasteiger partial charge on any atom is -0.444 e. The number of ether oxygens (including phenoxy) is 1. The minimum absolute atomic E-state index is 0.00593. The van der Waals surface area contributed by atoms with Gasteiger partial charge in [0.2, 0.25) is 5.91 Å². The molecule has 1 fully saturated rings. The SMILES string of the molecule is CCCc1ccc(CN(C(=O)C2CN(C(=O)OC(C)(C)C)C2)c2cnccc2Br)c(CCC)c1. The molecular formula is C27H36BrN3O3. The lowest BCUT2D eigenvalue weighted by Crippen LogP contribution is -2.57. The van der Waals surface area contributed by atoms with Crippen LogP contribution in [0, 0.1) is 5.92 Å². The van der Waals surface area contributed by atoms with E-state index in [9.17, 15) is 9.59 Å². The van der Waals surface area contributed by atoms with Crippen molar-refractivity contribution in [2.75, 3.05) is 18.0 Å². The van der Waals surface area contributed by atoms with E-state index < -0.39 is 5.60 Å². The van der Waals surface area contributed by atoms with Crippen LogP contribution in [0.2, 0.25) is 0 Å². The van der Waals surface area contributed by atoms with Crippen LogP contribution >= 0.6 is 15.9 Å². The number of benzene rings is 1. The summed E-state index contributed by atoms with van der Waals surface area (Å²) >= 11 is 3.60. The third-order valence-corrected chi connectivity index (χ3v) is 6.52. The summed E-state index contributed by atoms with van der Waals surface area (Å²) in [6.45, 7) is 11.1. The molecule has 0 bridgehead atoms. The van der Waals surface area contributed by atoms with Crippen molar-refractivity contribution in [1.82, 2.24) is 9.88 Å². The molecule has 0 atom stereocenters. The van der Waals surface area contributed by atoms with Crippen LogP contribution in [0.3, 0.4) is 0 Å². The van der Waals surface area contributed by atoms with E-state index in [1.54, 1.807) is 17.3 Å². The maximum atomic E-state index is 13.7. The van der Waals surface area contributed by atoms with Crippen molar-refractivity contribution in [2.24, 2.45) is 5.92 Å². The van der Waals surface area contributed by atoms with Crippen LogP contribution in [0.1, 0.15) is 64.2 Å². The molecule has 7 heteroatoms. The van der Waals surface area contributed by atoms with Crippen LogP contribution < -0.4 is 4.90 Å². The number of carbonyl (C=O) groups excluding carboxylic acids is 2. The third-order valence-electron chi connectivity index (χ3n) is 5.84. The van der Waals surface area contributed by atoms with Gasteiger partial charge in [-0.25, -0.2) is 4.79 Å². The maximum Gasteiger partial charge on any atom is 0.410 e. The van der Waals surface area contributed by atoms with E-state index in [2.05, 4.69) is 53.0 Å². The fourth-order valence-corrected chi connectivity index (χ4v) is 4.57. The van der Waals surface area contributed by atoms with Crippen molar-refractivity contribution in [3.63, 3.8) is 0 Å². The van der Waals surface area contributed by atoms with Gasteiger partial charge < -0.3 is 14.5 Å². The number of halogens is 1. The molecule has 1 aliphatic heterocycles. The molecule has 2 amide bonds. The summed E-state index contributed by atoms with van der Waals surface area (Å²) in [6.07, 6.45) is 7.22. The molecule has 184 valence electrons. The highest BCUT2D eigenvalue weighted by Gasteiger charge is 2.40. The molecule has 3 rings (SSSR count). The first kappa shape index (κ1) is 26.2. The van der Waals surface area contributed by atoms with Crippen LogP contribution in [-0.4, -0.2) is 40.6 Å². The zero-order chi connectivity index (χ0) is 24.9. The number of rotatable bonds is 8. The van der Waals surface area contributed by atoms with Gasteiger partial charge in [0.1, 0.15) is 5.60 Å². The van der Waals surface area contributed by atoms with E-state index in [1.165, 1.54) is 11.1 Å². The quantitative estimate of drug-likeness (QED) is 0.411. The summed E-state index contributed by atoms with van der Waals surface area (Å²) in [5, 5.41) is 0. The predicted molar refractivity (Wildman–Crippen MR) is 139 cm³/mol. The van der Waals surface area contributed by atoms with Gasteiger partial charge in [0.05, 0.1) is 24.3 Å². The van der Waals surface area contributed by atoms with Gasteiger partial charge >= 0.3 is 6.09 Å². The number of pyridine rings is 1. The van der Waals surface area contributed by atoms with Crippen molar-refractivity contribution in [3.05, 3.63) is 57.8 Å². The Morgan fingerprint density at radius 1 is 1.12 bits per heavy atom. The lowest BCUT2D eigenvalue weighted by molar-refractivity contribution is -0.127. The Morgan fingerprint density at radius 2 is 1.82 bits per heavy atom. The Kier molecular flexibility index (Phi) is 8.74. The van der Waals surface area contributed by atoms with E-state index in [-0.39, 0.29) is 17.9 Å². The third kappa shape index (κ3) is 6.59. The Morgan fingerprint density at radius 3 is 2.44 bits per heavy atom. The molecule has 0 aliphatic carbocycles. The van der Waals surface area contributed by atoms with Crippen LogP contribution in [0.15, 0.2) is 41.1 Å². The molecule has 1 aliphatic rings. The van der Waals surface area contributed by atoms with Gasteiger partial charge in [0, 0.05) is 23.8 Å². The first-order valence-corrected chi connectivity index (χ1v) is 12.9. The van der Waals surface area contributed by atoms with Gasteiger partial charge in [0.15, 0.2) is 0 Å². The Labute approximate surface area is 211 Å². The second-order valence-corrected chi connectivity index (χ2v) is 10.8. The average molecular weight is 531 g/mol. The van der Waals surface area contributed by atoms with Gasteiger partial charge in [-0.05, 0) is 72.3 Å². The Bertz CT molecular complexity index is 1010. The number of hydrogen-bond acceptors (Lipinski definition) is 4. The van der Waals surface area contributed by atoms with Crippen molar-refractivity contribution < 1.29 is 14.3 Å². The predicted octanol–water partition coefficient (Wildman–Crippen LogP) is 6.15. The fraction of sp³-hybridized carbons (Fsp3) is 0.519.